The minimum absolute atomic E-state index is 0.0706. The van der Waals surface area contributed by atoms with Crippen molar-refractivity contribution in [2.75, 3.05) is 18.9 Å². The van der Waals surface area contributed by atoms with Gasteiger partial charge in [-0.25, -0.2) is 4.79 Å². The molecule has 0 bridgehead atoms. The zero-order chi connectivity index (χ0) is 17.3. The molecule has 0 radical (unpaired) electrons. The summed E-state index contributed by atoms with van der Waals surface area (Å²) in [5.41, 5.74) is 4.80. The molecule has 2 heterocycles. The van der Waals surface area contributed by atoms with Gasteiger partial charge in [0.15, 0.2) is 0 Å². The first-order valence-corrected chi connectivity index (χ1v) is 7.51. The van der Waals surface area contributed by atoms with E-state index in [9.17, 15) is 20.1 Å². The molecule has 3 rings (SSSR count). The van der Waals surface area contributed by atoms with Crippen LogP contribution in [0.4, 0.5) is 5.82 Å². The van der Waals surface area contributed by atoms with E-state index >= 15 is 0 Å². The number of aliphatic hydroxyl groups excluding tert-OH is 3. The van der Waals surface area contributed by atoms with Crippen molar-refractivity contribution in [3.63, 3.8) is 0 Å². The van der Waals surface area contributed by atoms with E-state index in [0.29, 0.717) is 12.0 Å². The van der Waals surface area contributed by atoms with Gasteiger partial charge < -0.3 is 25.8 Å². The van der Waals surface area contributed by atoms with Crippen LogP contribution in [0.15, 0.2) is 41.3 Å². The molecule has 0 spiro atoms. The molecule has 1 aromatic heterocycles. The Kier molecular flexibility index (Phi) is 4.37. The third kappa shape index (κ3) is 2.69. The first-order valence-electron chi connectivity index (χ1n) is 7.51. The summed E-state index contributed by atoms with van der Waals surface area (Å²) >= 11 is 0. The normalized spacial score (nSPS) is 26.6. The van der Waals surface area contributed by atoms with Gasteiger partial charge in [-0.2, -0.15) is 4.98 Å². The molecular weight excluding hydrogens is 314 g/mol. The zero-order valence-corrected chi connectivity index (χ0v) is 12.9. The number of benzene rings is 1. The van der Waals surface area contributed by atoms with E-state index in [-0.39, 0.29) is 12.4 Å². The maximum atomic E-state index is 12.2. The molecule has 1 fully saturated rings. The Morgan fingerprint density at radius 3 is 2.62 bits per heavy atom. The van der Waals surface area contributed by atoms with Crippen LogP contribution in [-0.4, -0.2) is 50.3 Å². The average Bonchev–Trinajstić information content (AvgIpc) is 2.87. The molecule has 0 saturated carbocycles. The average molecular weight is 333 g/mol. The van der Waals surface area contributed by atoms with Crippen molar-refractivity contribution >= 4 is 5.82 Å². The van der Waals surface area contributed by atoms with Crippen molar-refractivity contribution in [2.24, 2.45) is 0 Å². The van der Waals surface area contributed by atoms with Gasteiger partial charge in [0, 0.05) is 18.2 Å². The molecule has 5 N–H and O–H groups in total. The second-order valence-corrected chi connectivity index (χ2v) is 5.79. The van der Waals surface area contributed by atoms with Crippen molar-refractivity contribution in [3.05, 3.63) is 58.1 Å². The van der Waals surface area contributed by atoms with Crippen LogP contribution in [0.25, 0.3) is 0 Å². The minimum Gasteiger partial charge on any atom is -0.391 e. The lowest BCUT2D eigenvalue weighted by Gasteiger charge is -2.32. The molecule has 0 amide bonds. The van der Waals surface area contributed by atoms with E-state index in [1.807, 2.05) is 30.3 Å². The zero-order valence-electron chi connectivity index (χ0n) is 12.9. The van der Waals surface area contributed by atoms with Gasteiger partial charge in [-0.05, 0) is 5.56 Å². The summed E-state index contributed by atoms with van der Waals surface area (Å²) < 4.78 is 6.36. The van der Waals surface area contributed by atoms with E-state index in [4.69, 9.17) is 10.5 Å². The van der Waals surface area contributed by atoms with Crippen molar-refractivity contribution in [1.29, 1.82) is 0 Å². The maximum Gasteiger partial charge on any atom is 0.352 e. The molecule has 24 heavy (non-hydrogen) atoms. The summed E-state index contributed by atoms with van der Waals surface area (Å²) in [6.07, 6.45) is -0.843. The SMILES string of the molecule is Nc1nc(=O)n([C@@]2(CO)OC[C@H](O)[C@H]2O)cc1Cc1ccccc1. The number of nitrogen functional groups attached to an aromatic ring is 1. The minimum atomic E-state index is -1.78. The Balaban J connectivity index is 2.06. The molecule has 2 aromatic rings. The Hall–Kier alpha value is -2.26. The third-order valence-corrected chi connectivity index (χ3v) is 4.24. The fourth-order valence-electron chi connectivity index (χ4n) is 2.86. The van der Waals surface area contributed by atoms with Crippen molar-refractivity contribution in [1.82, 2.24) is 9.55 Å². The molecule has 1 aliphatic rings. The molecule has 8 nitrogen and oxygen atoms in total. The first kappa shape index (κ1) is 16.6. The molecule has 3 atom stereocenters. The topological polar surface area (TPSA) is 131 Å². The quantitative estimate of drug-likeness (QED) is 0.553. The highest BCUT2D eigenvalue weighted by molar-refractivity contribution is 5.40. The standard InChI is InChI=1S/C16H19N3O5/c17-14-11(6-10-4-2-1-3-5-10)7-19(15(23)18-14)16(9-20)13(22)12(21)8-24-16/h1-5,7,12-13,20-22H,6,8-9H2,(H2,17,18,23)/t12-,13+,16-/m0/s1. The highest BCUT2D eigenvalue weighted by Crippen LogP contribution is 2.30. The van der Waals surface area contributed by atoms with E-state index < -0.39 is 30.2 Å². The fourth-order valence-corrected chi connectivity index (χ4v) is 2.86. The second kappa shape index (κ2) is 6.33. The lowest BCUT2D eigenvalue weighted by atomic mass is 10.0. The monoisotopic (exact) mass is 333 g/mol. The summed E-state index contributed by atoms with van der Waals surface area (Å²) in [5, 5.41) is 29.6. The van der Waals surface area contributed by atoms with Crippen LogP contribution in [0.2, 0.25) is 0 Å². The van der Waals surface area contributed by atoms with Gasteiger partial charge in [0.05, 0.1) is 13.2 Å². The molecule has 8 heteroatoms. The van der Waals surface area contributed by atoms with Gasteiger partial charge in [0.1, 0.15) is 18.0 Å². The number of nitrogens with zero attached hydrogens (tertiary/aromatic N) is 2. The number of ether oxygens (including phenoxy) is 1. The largest absolute Gasteiger partial charge is 0.391 e. The van der Waals surface area contributed by atoms with Crippen LogP contribution in [0.3, 0.4) is 0 Å². The molecule has 1 saturated heterocycles. The Morgan fingerprint density at radius 1 is 1.33 bits per heavy atom. The maximum absolute atomic E-state index is 12.2. The van der Waals surface area contributed by atoms with Gasteiger partial charge in [-0.1, -0.05) is 30.3 Å². The number of aliphatic hydroxyl groups is 3. The third-order valence-electron chi connectivity index (χ3n) is 4.24. The van der Waals surface area contributed by atoms with E-state index in [0.717, 1.165) is 10.1 Å². The van der Waals surface area contributed by atoms with E-state index in [1.54, 1.807) is 0 Å². The molecule has 1 aromatic carbocycles. The first-order chi connectivity index (χ1) is 11.5. The lowest BCUT2D eigenvalue weighted by molar-refractivity contribution is -0.154. The van der Waals surface area contributed by atoms with Gasteiger partial charge in [0.2, 0.25) is 5.72 Å². The highest BCUT2D eigenvalue weighted by Gasteiger charge is 2.51. The molecule has 0 aliphatic carbocycles. The van der Waals surface area contributed by atoms with Crippen molar-refractivity contribution in [2.45, 2.75) is 24.4 Å². The molecule has 1 aliphatic heterocycles. The van der Waals surface area contributed by atoms with E-state index in [1.165, 1.54) is 6.20 Å². The van der Waals surface area contributed by atoms with Crippen LogP contribution < -0.4 is 11.4 Å². The summed E-state index contributed by atoms with van der Waals surface area (Å²) in [6.45, 7) is -0.895. The Morgan fingerprint density at radius 2 is 2.04 bits per heavy atom. The number of nitrogens with two attached hydrogens (primary N) is 1. The number of hydrogen-bond acceptors (Lipinski definition) is 7. The number of hydrogen-bond donors (Lipinski definition) is 4. The number of aromatic nitrogens is 2. The number of anilines is 1. The van der Waals surface area contributed by atoms with Crippen LogP contribution >= 0.6 is 0 Å². The van der Waals surface area contributed by atoms with Crippen LogP contribution in [0.5, 0.6) is 0 Å². The summed E-state index contributed by atoms with van der Waals surface area (Å²) in [6, 6.07) is 9.45. The summed E-state index contributed by atoms with van der Waals surface area (Å²) in [4.78, 5) is 16.0. The van der Waals surface area contributed by atoms with Gasteiger partial charge in [-0.15, -0.1) is 0 Å². The molecular formula is C16H19N3O5. The number of rotatable bonds is 4. The Labute approximate surface area is 137 Å². The smallest absolute Gasteiger partial charge is 0.352 e. The van der Waals surface area contributed by atoms with Crippen LogP contribution in [0, 0.1) is 0 Å². The lowest BCUT2D eigenvalue weighted by Crippen LogP contribution is -2.53. The predicted molar refractivity (Wildman–Crippen MR) is 85.2 cm³/mol. The molecule has 0 unspecified atom stereocenters. The van der Waals surface area contributed by atoms with Crippen molar-refractivity contribution < 1.29 is 20.1 Å². The van der Waals surface area contributed by atoms with Crippen molar-refractivity contribution in [3.8, 4) is 0 Å². The highest BCUT2D eigenvalue weighted by atomic mass is 16.6. The summed E-state index contributed by atoms with van der Waals surface area (Å²) in [7, 11) is 0. The fraction of sp³-hybridized carbons (Fsp3) is 0.375. The van der Waals surface area contributed by atoms with Gasteiger partial charge in [-0.3, -0.25) is 4.57 Å². The summed E-state index contributed by atoms with van der Waals surface area (Å²) in [5.74, 6) is 0.0706. The van der Waals surface area contributed by atoms with E-state index in [2.05, 4.69) is 4.98 Å². The molecule has 128 valence electrons. The van der Waals surface area contributed by atoms with Crippen LogP contribution in [-0.2, 0) is 16.9 Å². The van der Waals surface area contributed by atoms with Crippen LogP contribution in [0.1, 0.15) is 11.1 Å². The Bertz CT molecular complexity index is 779. The van der Waals surface area contributed by atoms with Gasteiger partial charge >= 0.3 is 5.69 Å². The predicted octanol–water partition coefficient (Wildman–Crippen LogP) is -1.19. The van der Waals surface area contributed by atoms with Gasteiger partial charge in [0.25, 0.3) is 0 Å². The second-order valence-electron chi connectivity index (χ2n) is 5.79.